The number of hydrogen-bond acceptors (Lipinski definition) is 7. The fraction of sp³-hybridized carbons (Fsp3) is 0.200. The van der Waals surface area contributed by atoms with Gasteiger partial charge in [-0.15, -0.1) is 11.8 Å². The van der Waals surface area contributed by atoms with Crippen molar-refractivity contribution < 1.29 is 18.8 Å². The molecule has 4 rings (SSSR count). The van der Waals surface area contributed by atoms with E-state index >= 15 is 0 Å². The lowest BCUT2D eigenvalue weighted by Gasteiger charge is -2.22. The van der Waals surface area contributed by atoms with Crippen molar-refractivity contribution in [2.24, 2.45) is 0 Å². The van der Waals surface area contributed by atoms with Crippen molar-refractivity contribution in [2.75, 3.05) is 24.1 Å². The number of carbonyl (C=O) groups is 2. The van der Waals surface area contributed by atoms with E-state index in [2.05, 4.69) is 15.5 Å². The molecule has 1 aliphatic heterocycles. The Morgan fingerprint density at radius 1 is 1.28 bits per heavy atom. The van der Waals surface area contributed by atoms with E-state index in [1.807, 2.05) is 6.07 Å². The SMILES string of the molecule is COc1ccc(NC(=O)C2CSCN2C(=O)c2cc(-c3cccnc3)on2)cc1. The van der Waals surface area contributed by atoms with Gasteiger partial charge in [0.25, 0.3) is 5.91 Å². The molecular weight excluding hydrogens is 392 g/mol. The standard InChI is InChI=1S/C20H18N4O4S/c1-27-15-6-4-14(5-7-15)22-19(25)17-11-29-12-24(17)20(26)16-9-18(28-23-16)13-3-2-8-21-10-13/h2-10,17H,11-12H2,1H3,(H,22,25). The fourth-order valence-corrected chi connectivity index (χ4v) is 4.08. The van der Waals surface area contributed by atoms with E-state index in [9.17, 15) is 9.59 Å². The molecule has 0 saturated carbocycles. The van der Waals surface area contributed by atoms with Crippen LogP contribution in [-0.4, -0.2) is 51.6 Å². The largest absolute Gasteiger partial charge is 0.497 e. The van der Waals surface area contributed by atoms with Gasteiger partial charge in [-0.1, -0.05) is 5.16 Å². The fourth-order valence-electron chi connectivity index (χ4n) is 2.93. The van der Waals surface area contributed by atoms with Crippen LogP contribution in [0.3, 0.4) is 0 Å². The van der Waals surface area contributed by atoms with Gasteiger partial charge < -0.3 is 19.5 Å². The van der Waals surface area contributed by atoms with Crippen molar-refractivity contribution >= 4 is 29.3 Å². The molecule has 148 valence electrons. The number of nitrogens with one attached hydrogen (secondary N) is 1. The number of carbonyl (C=O) groups excluding carboxylic acids is 2. The Morgan fingerprint density at radius 3 is 2.83 bits per heavy atom. The average Bonchev–Trinajstić information content (AvgIpc) is 3.44. The Bertz CT molecular complexity index is 1010. The Hall–Kier alpha value is -3.33. The second kappa shape index (κ2) is 8.36. The van der Waals surface area contributed by atoms with Crippen LogP contribution in [0.4, 0.5) is 5.69 Å². The van der Waals surface area contributed by atoms with Gasteiger partial charge in [-0.2, -0.15) is 0 Å². The minimum absolute atomic E-state index is 0.161. The molecule has 0 spiro atoms. The minimum atomic E-state index is -0.590. The number of aromatic nitrogens is 2. The molecule has 9 heteroatoms. The number of hydrogen-bond donors (Lipinski definition) is 1. The van der Waals surface area contributed by atoms with Gasteiger partial charge in [0, 0.05) is 35.5 Å². The summed E-state index contributed by atoms with van der Waals surface area (Å²) < 4.78 is 10.4. The first kappa shape index (κ1) is 19.0. The summed E-state index contributed by atoms with van der Waals surface area (Å²) >= 11 is 1.52. The maximum atomic E-state index is 12.9. The number of ether oxygens (including phenoxy) is 1. The van der Waals surface area contributed by atoms with Crippen LogP contribution < -0.4 is 10.1 Å². The highest BCUT2D eigenvalue weighted by Crippen LogP contribution is 2.26. The second-order valence-corrected chi connectivity index (χ2v) is 7.33. The number of amides is 2. The monoisotopic (exact) mass is 410 g/mol. The molecule has 1 N–H and O–H groups in total. The first-order valence-corrected chi connectivity index (χ1v) is 10.0. The van der Waals surface area contributed by atoms with Crippen LogP contribution >= 0.6 is 11.8 Å². The Morgan fingerprint density at radius 2 is 2.10 bits per heavy atom. The first-order chi connectivity index (χ1) is 14.2. The highest BCUT2D eigenvalue weighted by molar-refractivity contribution is 7.99. The Labute approximate surface area is 171 Å². The lowest BCUT2D eigenvalue weighted by molar-refractivity contribution is -0.119. The van der Waals surface area contributed by atoms with Gasteiger partial charge in [-0.05, 0) is 36.4 Å². The molecule has 1 fully saturated rings. The van der Waals surface area contributed by atoms with E-state index < -0.39 is 6.04 Å². The molecule has 1 aliphatic rings. The third-order valence-electron chi connectivity index (χ3n) is 4.48. The number of nitrogens with zero attached hydrogens (tertiary/aromatic N) is 3. The number of anilines is 1. The zero-order valence-corrected chi connectivity index (χ0v) is 16.4. The summed E-state index contributed by atoms with van der Waals surface area (Å²) in [5, 5.41) is 6.73. The molecule has 3 aromatic rings. The summed E-state index contributed by atoms with van der Waals surface area (Å²) in [5.74, 6) is 1.49. The van der Waals surface area contributed by atoms with Gasteiger partial charge in [0.2, 0.25) is 5.91 Å². The summed E-state index contributed by atoms with van der Waals surface area (Å²) in [4.78, 5) is 31.2. The van der Waals surface area contributed by atoms with Gasteiger partial charge in [0.05, 0.1) is 13.0 Å². The number of rotatable bonds is 5. The molecule has 29 heavy (non-hydrogen) atoms. The van der Waals surface area contributed by atoms with Crippen LogP contribution in [0.25, 0.3) is 11.3 Å². The minimum Gasteiger partial charge on any atom is -0.497 e. The quantitative estimate of drug-likeness (QED) is 0.691. The summed E-state index contributed by atoms with van der Waals surface area (Å²) in [6.45, 7) is 0. The first-order valence-electron chi connectivity index (χ1n) is 8.86. The van der Waals surface area contributed by atoms with Gasteiger partial charge in [-0.25, -0.2) is 0 Å². The maximum absolute atomic E-state index is 12.9. The zero-order valence-electron chi connectivity index (χ0n) is 15.6. The van der Waals surface area contributed by atoms with Crippen LogP contribution in [0.2, 0.25) is 0 Å². The molecule has 1 unspecified atom stereocenters. The van der Waals surface area contributed by atoms with Crippen molar-refractivity contribution in [2.45, 2.75) is 6.04 Å². The third-order valence-corrected chi connectivity index (χ3v) is 5.49. The highest BCUT2D eigenvalue weighted by atomic mass is 32.2. The van der Waals surface area contributed by atoms with Crippen molar-refractivity contribution in [1.82, 2.24) is 15.0 Å². The second-order valence-electron chi connectivity index (χ2n) is 6.33. The van der Waals surface area contributed by atoms with Crippen LogP contribution in [-0.2, 0) is 4.79 Å². The number of thioether (sulfide) groups is 1. The summed E-state index contributed by atoms with van der Waals surface area (Å²) in [5.41, 5.74) is 1.53. The van der Waals surface area contributed by atoms with E-state index in [0.29, 0.717) is 28.8 Å². The van der Waals surface area contributed by atoms with E-state index in [-0.39, 0.29) is 17.5 Å². The number of methoxy groups -OCH3 is 1. The van der Waals surface area contributed by atoms with Gasteiger partial charge in [0.15, 0.2) is 11.5 Å². The Balaban J connectivity index is 1.46. The molecular formula is C20H18N4O4S. The molecule has 8 nitrogen and oxygen atoms in total. The third kappa shape index (κ3) is 4.09. The molecule has 0 aliphatic carbocycles. The van der Waals surface area contributed by atoms with Gasteiger partial charge >= 0.3 is 0 Å². The van der Waals surface area contributed by atoms with Gasteiger partial charge in [-0.3, -0.25) is 14.6 Å². The molecule has 1 aromatic carbocycles. The van der Waals surface area contributed by atoms with Crippen molar-refractivity contribution in [1.29, 1.82) is 0 Å². The lowest BCUT2D eigenvalue weighted by Crippen LogP contribution is -2.44. The molecule has 2 amide bonds. The molecule has 1 saturated heterocycles. The van der Waals surface area contributed by atoms with Crippen molar-refractivity contribution in [3.63, 3.8) is 0 Å². The lowest BCUT2D eigenvalue weighted by atomic mass is 10.2. The molecule has 3 heterocycles. The molecule has 0 radical (unpaired) electrons. The predicted octanol–water partition coefficient (Wildman–Crippen LogP) is 2.90. The topological polar surface area (TPSA) is 97.6 Å². The molecule has 1 atom stereocenters. The van der Waals surface area contributed by atoms with E-state index in [1.165, 1.54) is 16.7 Å². The average molecular weight is 410 g/mol. The van der Waals surface area contributed by atoms with Crippen LogP contribution in [0.5, 0.6) is 5.75 Å². The van der Waals surface area contributed by atoms with E-state index in [1.54, 1.807) is 55.9 Å². The van der Waals surface area contributed by atoms with Crippen LogP contribution in [0, 0.1) is 0 Å². The van der Waals surface area contributed by atoms with Crippen molar-refractivity contribution in [3.8, 4) is 17.1 Å². The zero-order chi connectivity index (χ0) is 20.2. The smallest absolute Gasteiger partial charge is 0.277 e. The van der Waals surface area contributed by atoms with Crippen molar-refractivity contribution in [3.05, 3.63) is 60.6 Å². The highest BCUT2D eigenvalue weighted by Gasteiger charge is 2.36. The maximum Gasteiger partial charge on any atom is 0.277 e. The normalized spacial score (nSPS) is 15.9. The number of pyridine rings is 1. The molecule has 0 bridgehead atoms. The van der Waals surface area contributed by atoms with Crippen LogP contribution in [0.15, 0.2) is 59.4 Å². The van der Waals surface area contributed by atoms with Gasteiger partial charge in [0.1, 0.15) is 11.8 Å². The summed E-state index contributed by atoms with van der Waals surface area (Å²) in [6, 6.07) is 11.6. The number of benzene rings is 1. The van der Waals surface area contributed by atoms with Crippen LogP contribution in [0.1, 0.15) is 10.5 Å². The predicted molar refractivity (Wildman–Crippen MR) is 109 cm³/mol. The summed E-state index contributed by atoms with van der Waals surface area (Å²) in [6.07, 6.45) is 3.28. The van der Waals surface area contributed by atoms with E-state index in [0.717, 1.165) is 5.56 Å². The molecule has 2 aromatic heterocycles. The van der Waals surface area contributed by atoms with E-state index in [4.69, 9.17) is 9.26 Å². The Kier molecular flexibility index (Phi) is 5.48. The summed E-state index contributed by atoms with van der Waals surface area (Å²) in [7, 11) is 1.58.